The summed E-state index contributed by atoms with van der Waals surface area (Å²) in [7, 11) is 0. The van der Waals surface area contributed by atoms with Gasteiger partial charge in [-0.25, -0.2) is 0 Å². The van der Waals surface area contributed by atoms with Crippen LogP contribution in [0.15, 0.2) is 18.2 Å². The molecule has 1 aliphatic rings. The van der Waals surface area contributed by atoms with Crippen LogP contribution < -0.4 is 4.90 Å². The third-order valence-electron chi connectivity index (χ3n) is 3.13. The van der Waals surface area contributed by atoms with Crippen LogP contribution in [0, 0.1) is 18.3 Å². The van der Waals surface area contributed by atoms with E-state index in [0.29, 0.717) is 0 Å². The number of anilines is 1. The van der Waals surface area contributed by atoms with Gasteiger partial charge in [-0.15, -0.1) is 0 Å². The van der Waals surface area contributed by atoms with E-state index in [1.807, 2.05) is 12.1 Å². The highest BCUT2D eigenvalue weighted by Gasteiger charge is 2.19. The molecule has 1 atom stereocenters. The highest BCUT2D eigenvalue weighted by Crippen LogP contribution is 2.26. The lowest BCUT2D eigenvalue weighted by Crippen LogP contribution is -2.31. The fraction of sp³-hybridized carbons (Fsp3) is 0.500. The summed E-state index contributed by atoms with van der Waals surface area (Å²) < 4.78 is 5.64. The van der Waals surface area contributed by atoms with Gasteiger partial charge in [0.05, 0.1) is 17.4 Å². The lowest BCUT2D eigenvalue weighted by atomic mass is 10.1. The van der Waals surface area contributed by atoms with Crippen molar-refractivity contribution >= 4 is 5.69 Å². The summed E-state index contributed by atoms with van der Waals surface area (Å²) in [5, 5.41) is 9.20. The molecule has 90 valence electrons. The summed E-state index contributed by atoms with van der Waals surface area (Å²) in [6.45, 7) is 6.78. The van der Waals surface area contributed by atoms with Gasteiger partial charge in [0.2, 0.25) is 0 Å². The summed E-state index contributed by atoms with van der Waals surface area (Å²) in [6, 6.07) is 8.18. The second kappa shape index (κ2) is 5.20. The molecule has 0 radical (unpaired) electrons. The Labute approximate surface area is 103 Å². The van der Waals surface area contributed by atoms with Crippen LogP contribution in [0.4, 0.5) is 5.69 Å². The van der Waals surface area contributed by atoms with Gasteiger partial charge in [-0.3, -0.25) is 0 Å². The third-order valence-corrected chi connectivity index (χ3v) is 3.13. The number of aryl methyl sites for hydroxylation is 1. The molecule has 1 aromatic rings. The largest absolute Gasteiger partial charge is 0.377 e. The van der Waals surface area contributed by atoms with Gasteiger partial charge in [-0.1, -0.05) is 12.1 Å². The summed E-state index contributed by atoms with van der Waals surface area (Å²) >= 11 is 0. The number of benzene rings is 1. The van der Waals surface area contributed by atoms with Crippen LogP contribution in [0.1, 0.15) is 24.5 Å². The molecule has 1 aliphatic heterocycles. The van der Waals surface area contributed by atoms with Crippen LogP contribution in [0.3, 0.4) is 0 Å². The highest BCUT2D eigenvalue weighted by molar-refractivity contribution is 5.64. The average Bonchev–Trinajstić information content (AvgIpc) is 2.53. The molecule has 1 heterocycles. The Hall–Kier alpha value is -1.53. The number of ether oxygens (including phenoxy) is 1. The van der Waals surface area contributed by atoms with E-state index < -0.39 is 0 Å². The summed E-state index contributed by atoms with van der Waals surface area (Å²) in [5.74, 6) is 0. The molecule has 0 amide bonds. The molecule has 17 heavy (non-hydrogen) atoms. The maximum absolute atomic E-state index is 9.20. The SMILES string of the molecule is Cc1cccc(C#N)c1N1CCCOC(C)C1. The zero-order valence-electron chi connectivity index (χ0n) is 10.4. The summed E-state index contributed by atoms with van der Waals surface area (Å²) in [5.41, 5.74) is 3.00. The maximum Gasteiger partial charge on any atom is 0.101 e. The maximum atomic E-state index is 9.20. The van der Waals surface area contributed by atoms with E-state index in [1.54, 1.807) is 0 Å². The predicted molar refractivity (Wildman–Crippen MR) is 68.1 cm³/mol. The van der Waals surface area contributed by atoms with E-state index in [4.69, 9.17) is 4.74 Å². The van der Waals surface area contributed by atoms with Gasteiger partial charge in [-0.2, -0.15) is 5.26 Å². The molecule has 0 aliphatic carbocycles. The minimum Gasteiger partial charge on any atom is -0.377 e. The standard InChI is InChI=1S/C14H18N2O/c1-11-5-3-6-13(9-15)14(11)16-7-4-8-17-12(2)10-16/h3,5-6,12H,4,7-8,10H2,1-2H3. The highest BCUT2D eigenvalue weighted by atomic mass is 16.5. The molecule has 0 N–H and O–H groups in total. The first-order valence-corrected chi connectivity index (χ1v) is 6.08. The number of nitriles is 1. The van der Waals surface area contributed by atoms with Crippen molar-refractivity contribution in [1.29, 1.82) is 5.26 Å². The molecule has 0 saturated carbocycles. The smallest absolute Gasteiger partial charge is 0.101 e. The van der Waals surface area contributed by atoms with Crippen molar-refractivity contribution in [3.05, 3.63) is 29.3 Å². The van der Waals surface area contributed by atoms with E-state index in [-0.39, 0.29) is 6.10 Å². The van der Waals surface area contributed by atoms with Crippen LogP contribution in [0.5, 0.6) is 0 Å². The van der Waals surface area contributed by atoms with Crippen LogP contribution in [-0.2, 0) is 4.74 Å². The molecule has 1 aromatic carbocycles. The van der Waals surface area contributed by atoms with Crippen molar-refractivity contribution < 1.29 is 4.74 Å². The number of para-hydroxylation sites is 1. The van der Waals surface area contributed by atoms with E-state index >= 15 is 0 Å². The minimum atomic E-state index is 0.226. The second-order valence-corrected chi connectivity index (χ2v) is 4.56. The van der Waals surface area contributed by atoms with Crippen LogP contribution in [0.25, 0.3) is 0 Å². The Morgan fingerprint density at radius 3 is 3.06 bits per heavy atom. The lowest BCUT2D eigenvalue weighted by molar-refractivity contribution is 0.0821. The Morgan fingerprint density at radius 1 is 1.47 bits per heavy atom. The normalized spacial score (nSPS) is 20.8. The fourth-order valence-corrected chi connectivity index (χ4v) is 2.37. The van der Waals surface area contributed by atoms with Gasteiger partial charge in [0.25, 0.3) is 0 Å². The number of hydrogen-bond donors (Lipinski definition) is 0. The van der Waals surface area contributed by atoms with Gasteiger partial charge >= 0.3 is 0 Å². The molecular formula is C14H18N2O. The summed E-state index contributed by atoms with van der Waals surface area (Å²) in [4.78, 5) is 2.28. The molecule has 1 saturated heterocycles. The third kappa shape index (κ3) is 2.59. The molecular weight excluding hydrogens is 212 g/mol. The number of hydrogen-bond acceptors (Lipinski definition) is 3. The first kappa shape index (κ1) is 11.9. The van der Waals surface area contributed by atoms with Crippen molar-refractivity contribution in [2.24, 2.45) is 0 Å². The zero-order valence-corrected chi connectivity index (χ0v) is 10.4. The van der Waals surface area contributed by atoms with E-state index in [1.165, 1.54) is 0 Å². The Kier molecular flexibility index (Phi) is 3.65. The molecule has 0 spiro atoms. The van der Waals surface area contributed by atoms with Crippen LogP contribution >= 0.6 is 0 Å². The molecule has 0 aromatic heterocycles. The van der Waals surface area contributed by atoms with Crippen molar-refractivity contribution in [2.75, 3.05) is 24.6 Å². The van der Waals surface area contributed by atoms with E-state index in [2.05, 4.69) is 30.9 Å². The summed E-state index contributed by atoms with van der Waals surface area (Å²) in [6.07, 6.45) is 1.24. The van der Waals surface area contributed by atoms with Crippen molar-refractivity contribution in [2.45, 2.75) is 26.4 Å². The molecule has 0 bridgehead atoms. The van der Waals surface area contributed by atoms with E-state index in [0.717, 1.165) is 42.9 Å². The predicted octanol–water partition coefficient (Wildman–Crippen LogP) is 2.48. The minimum absolute atomic E-state index is 0.226. The molecule has 2 rings (SSSR count). The van der Waals surface area contributed by atoms with Gasteiger partial charge in [0, 0.05) is 19.7 Å². The number of rotatable bonds is 1. The second-order valence-electron chi connectivity index (χ2n) is 4.56. The molecule has 1 fully saturated rings. The van der Waals surface area contributed by atoms with Crippen molar-refractivity contribution in [3.8, 4) is 6.07 Å². The molecule has 3 nitrogen and oxygen atoms in total. The zero-order chi connectivity index (χ0) is 12.3. The first-order valence-electron chi connectivity index (χ1n) is 6.08. The van der Waals surface area contributed by atoms with E-state index in [9.17, 15) is 5.26 Å². The lowest BCUT2D eigenvalue weighted by Gasteiger charge is -2.26. The van der Waals surface area contributed by atoms with Gasteiger partial charge in [-0.05, 0) is 31.9 Å². The Morgan fingerprint density at radius 2 is 2.29 bits per heavy atom. The fourth-order valence-electron chi connectivity index (χ4n) is 2.37. The Bertz CT molecular complexity index is 436. The van der Waals surface area contributed by atoms with Gasteiger partial charge < -0.3 is 9.64 Å². The monoisotopic (exact) mass is 230 g/mol. The van der Waals surface area contributed by atoms with Crippen molar-refractivity contribution in [1.82, 2.24) is 0 Å². The molecule has 1 unspecified atom stereocenters. The van der Waals surface area contributed by atoms with Crippen molar-refractivity contribution in [3.63, 3.8) is 0 Å². The number of nitrogens with zero attached hydrogens (tertiary/aromatic N) is 2. The van der Waals surface area contributed by atoms with Crippen LogP contribution in [-0.4, -0.2) is 25.8 Å². The topological polar surface area (TPSA) is 36.3 Å². The molecule has 3 heteroatoms. The van der Waals surface area contributed by atoms with Gasteiger partial charge in [0.15, 0.2) is 0 Å². The van der Waals surface area contributed by atoms with Crippen LogP contribution in [0.2, 0.25) is 0 Å². The quantitative estimate of drug-likeness (QED) is 0.743. The Balaban J connectivity index is 2.35. The average molecular weight is 230 g/mol. The first-order chi connectivity index (χ1) is 8.22. The van der Waals surface area contributed by atoms with Gasteiger partial charge in [0.1, 0.15) is 6.07 Å².